The molecule has 2 aliphatic heterocycles. The Morgan fingerprint density at radius 1 is 1.73 bits per heavy atom. The Morgan fingerprint density at radius 2 is 2.55 bits per heavy atom. The predicted octanol–water partition coefficient (Wildman–Crippen LogP) is 0.631. The summed E-state index contributed by atoms with van der Waals surface area (Å²) in [5, 5.41) is 4.35. The van der Waals surface area contributed by atoms with Gasteiger partial charge in [0, 0.05) is 6.20 Å². The van der Waals surface area contributed by atoms with Crippen molar-refractivity contribution in [1.29, 1.82) is 0 Å². The van der Waals surface area contributed by atoms with Crippen LogP contribution < -0.4 is 0 Å². The third kappa shape index (κ3) is 0.913. The molecule has 11 heavy (non-hydrogen) atoms. The van der Waals surface area contributed by atoms with E-state index in [1.54, 1.807) is 4.09 Å². The quantitative estimate of drug-likeness (QED) is 0.537. The van der Waals surface area contributed by atoms with Crippen LogP contribution in [0.1, 0.15) is 6.92 Å². The van der Waals surface area contributed by atoms with E-state index in [1.807, 2.05) is 6.08 Å². The Hall–Kier alpha value is -0.700. The summed E-state index contributed by atoms with van der Waals surface area (Å²) in [6.45, 7) is 5.05. The molecule has 0 aromatic heterocycles. The van der Waals surface area contributed by atoms with Gasteiger partial charge in [0.15, 0.2) is 6.54 Å². The van der Waals surface area contributed by atoms with Crippen molar-refractivity contribution in [3.05, 3.63) is 12.3 Å². The molecule has 2 rings (SSSR count). The van der Waals surface area contributed by atoms with Crippen LogP contribution >= 0.6 is 11.8 Å². The first-order valence-electron chi connectivity index (χ1n) is 3.85. The molecular weight excluding hydrogens is 162 g/mol. The lowest BCUT2D eigenvalue weighted by Gasteiger charge is -2.17. The summed E-state index contributed by atoms with van der Waals surface area (Å²) < 4.78 is 1.76. The van der Waals surface area contributed by atoms with E-state index in [0.717, 1.165) is 25.5 Å². The van der Waals surface area contributed by atoms with E-state index < -0.39 is 0 Å². The minimum Gasteiger partial charge on any atom is -0.223 e. The fourth-order valence-electron chi connectivity index (χ4n) is 1.47. The summed E-state index contributed by atoms with van der Waals surface area (Å²) in [7, 11) is 0. The highest BCUT2D eigenvalue weighted by atomic mass is 35.5. The first-order valence-corrected chi connectivity index (χ1v) is 4.19. The van der Waals surface area contributed by atoms with Crippen molar-refractivity contribution in [1.82, 2.24) is 10.0 Å². The number of halogens is 1. The lowest BCUT2D eigenvalue weighted by atomic mass is 10.6. The molecule has 0 bridgehead atoms. The summed E-state index contributed by atoms with van der Waals surface area (Å²) in [5.41, 5.74) is 0. The summed E-state index contributed by atoms with van der Waals surface area (Å²) in [5.74, 6) is 1.11. The maximum Gasteiger partial charge on any atom is 0.314 e. The van der Waals surface area contributed by atoms with Gasteiger partial charge in [0.05, 0.1) is 12.6 Å². The van der Waals surface area contributed by atoms with E-state index in [2.05, 4.69) is 23.1 Å². The highest BCUT2D eigenvalue weighted by molar-refractivity contribution is 6.10. The van der Waals surface area contributed by atoms with E-state index >= 15 is 0 Å². The van der Waals surface area contributed by atoms with E-state index in [4.69, 9.17) is 11.8 Å². The van der Waals surface area contributed by atoms with Gasteiger partial charge in [0.1, 0.15) is 18.3 Å². The molecular formula is C7H11ClN3+. The van der Waals surface area contributed by atoms with Gasteiger partial charge in [-0.3, -0.25) is 0 Å². The molecule has 2 aliphatic rings. The van der Waals surface area contributed by atoms with E-state index in [1.165, 1.54) is 0 Å². The molecule has 0 aromatic carbocycles. The normalized spacial score (nSPS) is 22.0. The molecule has 0 N–H and O–H groups in total. The van der Waals surface area contributed by atoms with Crippen LogP contribution in [0.5, 0.6) is 0 Å². The van der Waals surface area contributed by atoms with Crippen LogP contribution in [0.2, 0.25) is 0 Å². The van der Waals surface area contributed by atoms with Crippen molar-refractivity contribution < 1.29 is 4.09 Å². The van der Waals surface area contributed by atoms with Crippen LogP contribution in [0.15, 0.2) is 12.3 Å². The van der Waals surface area contributed by atoms with Gasteiger partial charge < -0.3 is 0 Å². The molecule has 0 saturated carbocycles. The maximum absolute atomic E-state index is 5.91. The lowest BCUT2D eigenvalue weighted by molar-refractivity contribution is -0.357. The summed E-state index contributed by atoms with van der Waals surface area (Å²) >= 11 is 5.91. The zero-order valence-electron chi connectivity index (χ0n) is 6.50. The number of amidine groups is 1. The first-order chi connectivity index (χ1) is 5.33. The average molecular weight is 173 g/mol. The molecule has 0 aromatic rings. The van der Waals surface area contributed by atoms with Gasteiger partial charge in [-0.25, -0.2) is 5.01 Å². The summed E-state index contributed by atoms with van der Waals surface area (Å²) in [6, 6.07) is 0. The van der Waals surface area contributed by atoms with Crippen LogP contribution in [0, 0.1) is 0 Å². The van der Waals surface area contributed by atoms with Crippen molar-refractivity contribution >= 4 is 17.6 Å². The van der Waals surface area contributed by atoms with Gasteiger partial charge >= 0.3 is 5.84 Å². The Bertz CT molecular complexity index is 234. The second-order valence-electron chi connectivity index (χ2n) is 2.64. The molecule has 0 atom stereocenters. The topological polar surface area (TPSA) is 9.49 Å². The Balaban J connectivity index is 2.25. The molecule has 2 heterocycles. The molecule has 0 saturated heterocycles. The highest BCUT2D eigenvalue weighted by Gasteiger charge is 2.35. The van der Waals surface area contributed by atoms with Crippen LogP contribution in [-0.2, 0) is 0 Å². The second-order valence-corrected chi connectivity index (χ2v) is 3.05. The average Bonchev–Trinajstić information content (AvgIpc) is 2.53. The predicted molar refractivity (Wildman–Crippen MR) is 44.2 cm³/mol. The van der Waals surface area contributed by atoms with Gasteiger partial charge in [0.25, 0.3) is 0 Å². The molecule has 3 nitrogen and oxygen atoms in total. The fraction of sp³-hybridized carbons (Fsp3) is 0.571. The molecule has 4 heteroatoms. The second kappa shape index (κ2) is 2.41. The number of rotatable bonds is 1. The fourth-order valence-corrected chi connectivity index (χ4v) is 1.69. The van der Waals surface area contributed by atoms with Crippen LogP contribution in [0.3, 0.4) is 0 Å². The van der Waals surface area contributed by atoms with Crippen molar-refractivity contribution in [3.8, 4) is 0 Å². The Kier molecular flexibility index (Phi) is 1.53. The third-order valence-electron chi connectivity index (χ3n) is 2.05. The van der Waals surface area contributed by atoms with Crippen LogP contribution in [0.25, 0.3) is 0 Å². The van der Waals surface area contributed by atoms with Gasteiger partial charge in [-0.05, 0) is 6.92 Å². The number of hydrogen-bond donors (Lipinski definition) is 0. The third-order valence-corrected chi connectivity index (χ3v) is 2.39. The summed E-state index contributed by atoms with van der Waals surface area (Å²) in [6.07, 6.45) is 4.10. The monoisotopic (exact) mass is 172 g/mol. The van der Waals surface area contributed by atoms with Crippen molar-refractivity contribution in [3.63, 3.8) is 0 Å². The number of hydrazine groups is 1. The molecule has 0 aliphatic carbocycles. The standard InChI is InChI=1S/C7H11ClN3/c1-2-9-4-3-7-10(8)5-6-11(7)9/h3-4H,2,5-6H2,1H3/q+1. The van der Waals surface area contributed by atoms with Crippen molar-refractivity contribution in [2.45, 2.75) is 6.92 Å². The zero-order valence-corrected chi connectivity index (χ0v) is 7.25. The van der Waals surface area contributed by atoms with Gasteiger partial charge in [-0.15, -0.1) is 0 Å². The SMILES string of the molecule is CCN1C=CC2=[N+](Cl)CCN21. The molecule has 0 fully saturated rings. The molecule has 0 unspecified atom stereocenters. The van der Waals surface area contributed by atoms with Crippen molar-refractivity contribution in [2.24, 2.45) is 0 Å². The number of fused-ring (bicyclic) bond motifs is 1. The molecule has 0 amide bonds. The lowest BCUT2D eigenvalue weighted by Crippen LogP contribution is -2.36. The minimum absolute atomic E-state index is 0.914. The van der Waals surface area contributed by atoms with E-state index in [-0.39, 0.29) is 0 Å². The highest BCUT2D eigenvalue weighted by Crippen LogP contribution is 2.15. The summed E-state index contributed by atoms with van der Waals surface area (Å²) in [4.78, 5) is 0. The smallest absolute Gasteiger partial charge is 0.223 e. The maximum atomic E-state index is 5.91. The zero-order chi connectivity index (χ0) is 7.84. The molecule has 0 spiro atoms. The van der Waals surface area contributed by atoms with E-state index in [0.29, 0.717) is 0 Å². The van der Waals surface area contributed by atoms with Crippen LogP contribution in [-0.4, -0.2) is 39.6 Å². The first kappa shape index (κ1) is 6.98. The Morgan fingerprint density at radius 3 is 3.27 bits per heavy atom. The van der Waals surface area contributed by atoms with Gasteiger partial charge in [-0.2, -0.15) is 9.10 Å². The minimum atomic E-state index is 0.914. The van der Waals surface area contributed by atoms with Gasteiger partial charge in [-0.1, -0.05) is 0 Å². The molecule has 60 valence electrons. The molecule has 0 radical (unpaired) electrons. The number of nitrogens with zero attached hydrogens (tertiary/aromatic N) is 3. The van der Waals surface area contributed by atoms with Crippen molar-refractivity contribution in [2.75, 3.05) is 19.6 Å². The number of hydrogen-bond acceptors (Lipinski definition) is 2. The largest absolute Gasteiger partial charge is 0.314 e. The van der Waals surface area contributed by atoms with Gasteiger partial charge in [0.2, 0.25) is 0 Å². The Labute approximate surface area is 71.2 Å². The van der Waals surface area contributed by atoms with E-state index in [9.17, 15) is 0 Å². The van der Waals surface area contributed by atoms with Crippen LogP contribution in [0.4, 0.5) is 0 Å².